The molecule has 0 aromatic heterocycles. The van der Waals surface area contributed by atoms with E-state index in [-0.39, 0.29) is 57.4 Å². The zero-order valence-electron chi connectivity index (χ0n) is 14.2. The van der Waals surface area contributed by atoms with Crippen LogP contribution >= 0.6 is 0 Å². The molecular weight excluding hydrogens is 289 g/mol. The van der Waals surface area contributed by atoms with Crippen molar-refractivity contribution in [2.24, 2.45) is 5.92 Å². The van der Waals surface area contributed by atoms with Crippen molar-refractivity contribution in [2.45, 2.75) is 39.5 Å². The van der Waals surface area contributed by atoms with Gasteiger partial charge in [0.15, 0.2) is 0 Å². The van der Waals surface area contributed by atoms with Crippen molar-refractivity contribution in [1.82, 2.24) is 0 Å². The molecule has 0 saturated heterocycles. The Morgan fingerprint density at radius 2 is 1.81 bits per heavy atom. The molecule has 0 aliphatic rings. The van der Waals surface area contributed by atoms with Gasteiger partial charge in [-0.15, -0.1) is 0 Å². The average molecular weight is 317 g/mol. The number of unbranched alkanes of at least 4 members (excludes halogenated alkanes) is 1. The van der Waals surface area contributed by atoms with E-state index in [4.69, 9.17) is 4.74 Å². The molecule has 1 rings (SSSR count). The molecule has 0 spiro atoms. The van der Waals surface area contributed by atoms with Crippen molar-refractivity contribution in [1.29, 1.82) is 0 Å². The number of benzene rings is 1. The molecule has 1 aromatic carbocycles. The molecule has 0 N–H and O–H groups in total. The molecule has 0 amide bonds. The number of carbonyl (C=O) groups excluding carboxylic acids is 1. The minimum atomic E-state index is -0.217. The maximum absolute atomic E-state index is 12.0. The number of hydrogen-bond acceptors (Lipinski definition) is 3. The van der Waals surface area contributed by atoms with Gasteiger partial charge in [0, 0.05) is 19.8 Å². The Morgan fingerprint density at radius 3 is 2.29 bits per heavy atom. The summed E-state index contributed by atoms with van der Waals surface area (Å²) in [6.07, 6.45) is 4.59. The van der Waals surface area contributed by atoms with E-state index >= 15 is 0 Å². The molecule has 0 bridgehead atoms. The van der Waals surface area contributed by atoms with Crippen LogP contribution in [0.4, 0.5) is 5.69 Å². The number of esters is 1. The smallest absolute Gasteiger partial charge is 0.462 e. The first-order valence-electron chi connectivity index (χ1n) is 7.53. The molecule has 0 radical (unpaired) electrons. The van der Waals surface area contributed by atoms with E-state index in [1.54, 1.807) is 0 Å². The van der Waals surface area contributed by atoms with E-state index in [0.29, 0.717) is 18.1 Å². The Labute approximate surface area is 171 Å². The van der Waals surface area contributed by atoms with Gasteiger partial charge in [-0.1, -0.05) is 33.1 Å². The molecule has 0 aliphatic heterocycles. The van der Waals surface area contributed by atoms with E-state index in [1.165, 1.54) is 12.8 Å². The first kappa shape index (κ1) is 21.1. The summed E-state index contributed by atoms with van der Waals surface area (Å²) in [5.74, 6) is 0.269. The Morgan fingerprint density at radius 1 is 1.19 bits per heavy atom. The van der Waals surface area contributed by atoms with Gasteiger partial charge in [-0.2, -0.15) is 0 Å². The summed E-state index contributed by atoms with van der Waals surface area (Å²) >= 11 is 0. The van der Waals surface area contributed by atoms with Gasteiger partial charge in [0.2, 0.25) is 0 Å². The normalized spacial score (nSPS) is 11.4. The molecule has 1 unspecified atom stereocenters. The van der Waals surface area contributed by atoms with E-state index in [9.17, 15) is 4.79 Å². The quantitative estimate of drug-likeness (QED) is 0.532. The minimum Gasteiger partial charge on any atom is -0.462 e. The summed E-state index contributed by atoms with van der Waals surface area (Å²) in [6.45, 7) is 4.87. The number of ether oxygens (including phenoxy) is 1. The number of rotatable bonds is 8. The summed E-state index contributed by atoms with van der Waals surface area (Å²) in [5.41, 5.74) is 1.71. The Balaban J connectivity index is 0.00000400. The molecule has 0 aliphatic carbocycles. The largest absolute Gasteiger partial charge is 1.00 e. The number of anilines is 1. The van der Waals surface area contributed by atoms with Gasteiger partial charge < -0.3 is 9.64 Å². The molecular formula is C17H27KNO2+. The molecule has 4 heteroatoms. The monoisotopic (exact) mass is 316 g/mol. The van der Waals surface area contributed by atoms with E-state index in [0.717, 1.165) is 18.5 Å². The predicted molar refractivity (Wildman–Crippen MR) is 84.4 cm³/mol. The molecule has 112 valence electrons. The molecule has 0 saturated carbocycles. The van der Waals surface area contributed by atoms with Gasteiger partial charge in [-0.25, -0.2) is 4.79 Å². The van der Waals surface area contributed by atoms with Crippen LogP contribution in [-0.4, -0.2) is 26.7 Å². The fourth-order valence-electron chi connectivity index (χ4n) is 2.07. The predicted octanol–water partition coefficient (Wildman–Crippen LogP) is 1.13. The van der Waals surface area contributed by atoms with E-state index < -0.39 is 0 Å². The number of carbonyl (C=O) groups is 1. The Kier molecular flexibility index (Phi) is 11.7. The molecule has 0 fully saturated rings. The topological polar surface area (TPSA) is 29.5 Å². The Hall–Kier alpha value is 0.126. The number of nitrogens with zero attached hydrogens (tertiary/aromatic N) is 1. The average Bonchev–Trinajstić information content (AvgIpc) is 2.47. The van der Waals surface area contributed by atoms with E-state index in [2.05, 4.69) is 13.8 Å². The first-order valence-corrected chi connectivity index (χ1v) is 7.53. The van der Waals surface area contributed by atoms with Crippen LogP contribution in [0, 0.1) is 5.92 Å². The molecule has 21 heavy (non-hydrogen) atoms. The molecule has 0 heterocycles. The second-order valence-electron chi connectivity index (χ2n) is 5.46. The fraction of sp³-hybridized carbons (Fsp3) is 0.588. The maximum Gasteiger partial charge on any atom is 1.00 e. The summed E-state index contributed by atoms with van der Waals surface area (Å²) in [4.78, 5) is 14.0. The van der Waals surface area contributed by atoms with Crippen molar-refractivity contribution in [3.8, 4) is 0 Å². The third-order valence-electron chi connectivity index (χ3n) is 3.61. The second kappa shape index (κ2) is 11.7. The maximum atomic E-state index is 12.0. The third-order valence-corrected chi connectivity index (χ3v) is 3.61. The summed E-state index contributed by atoms with van der Waals surface area (Å²) in [6, 6.07) is 7.52. The van der Waals surface area contributed by atoms with Crippen LogP contribution in [0.25, 0.3) is 0 Å². The zero-order chi connectivity index (χ0) is 15.0. The van der Waals surface area contributed by atoms with Gasteiger partial charge in [0.25, 0.3) is 0 Å². The van der Waals surface area contributed by atoms with Gasteiger partial charge >= 0.3 is 57.4 Å². The van der Waals surface area contributed by atoms with Crippen LogP contribution in [0.5, 0.6) is 0 Å². The van der Waals surface area contributed by atoms with Crippen LogP contribution in [0.3, 0.4) is 0 Å². The van der Waals surface area contributed by atoms with Crippen LogP contribution in [0.1, 0.15) is 49.9 Å². The standard InChI is InChI=1S/C17H27NO2.K/c1-5-7-8-14(6-2)13-20-17(19)15-9-11-16(12-10-15)18(3)4;/h9-12,14H,5-8,13H2,1-4H3;/q;+1. The second-order valence-corrected chi connectivity index (χ2v) is 5.46. The molecule has 1 atom stereocenters. The van der Waals surface area contributed by atoms with Crippen molar-refractivity contribution in [3.05, 3.63) is 29.8 Å². The van der Waals surface area contributed by atoms with E-state index in [1.807, 2.05) is 43.3 Å². The van der Waals surface area contributed by atoms with Gasteiger partial charge in [0.05, 0.1) is 12.2 Å². The van der Waals surface area contributed by atoms with Crippen LogP contribution in [0.2, 0.25) is 0 Å². The zero-order valence-corrected chi connectivity index (χ0v) is 17.3. The van der Waals surface area contributed by atoms with Crippen LogP contribution in [0.15, 0.2) is 24.3 Å². The van der Waals surface area contributed by atoms with Crippen LogP contribution < -0.4 is 56.3 Å². The Bertz CT molecular complexity index is 404. The molecule has 3 nitrogen and oxygen atoms in total. The summed E-state index contributed by atoms with van der Waals surface area (Å²) in [5, 5.41) is 0. The van der Waals surface area contributed by atoms with Crippen molar-refractivity contribution < 1.29 is 60.9 Å². The minimum absolute atomic E-state index is 0. The van der Waals surface area contributed by atoms with Crippen LogP contribution in [-0.2, 0) is 4.74 Å². The fourth-order valence-corrected chi connectivity index (χ4v) is 2.07. The molecule has 1 aromatic rings. The SMILES string of the molecule is CCCCC(CC)COC(=O)c1ccc(N(C)C)cc1.[K+]. The van der Waals surface area contributed by atoms with Crippen molar-refractivity contribution in [2.75, 3.05) is 25.6 Å². The third kappa shape index (κ3) is 7.79. The summed E-state index contributed by atoms with van der Waals surface area (Å²) in [7, 11) is 3.96. The van der Waals surface area contributed by atoms with Gasteiger partial charge in [0.1, 0.15) is 0 Å². The van der Waals surface area contributed by atoms with Crippen molar-refractivity contribution in [3.63, 3.8) is 0 Å². The van der Waals surface area contributed by atoms with Crippen molar-refractivity contribution >= 4 is 11.7 Å². The van der Waals surface area contributed by atoms with Gasteiger partial charge in [-0.05, 0) is 36.6 Å². The first-order chi connectivity index (χ1) is 9.58. The summed E-state index contributed by atoms with van der Waals surface area (Å²) < 4.78 is 5.43. The number of hydrogen-bond donors (Lipinski definition) is 0. The van der Waals surface area contributed by atoms with Gasteiger partial charge in [-0.3, -0.25) is 0 Å².